The van der Waals surface area contributed by atoms with Gasteiger partial charge in [-0.15, -0.1) is 11.8 Å². The molecule has 0 aliphatic heterocycles. The number of carbonyl (C=O) groups is 17. The fraction of sp³-hybridized carbons (Fsp3) is 0.717. The van der Waals surface area contributed by atoms with E-state index in [1.54, 1.807) is 0 Å². The predicted molar refractivity (Wildman–Crippen MR) is 369 cm³/mol. The minimum Gasteiger partial charge on any atom is -0.481 e. The molecule has 25 N–H and O–H groups in total. The van der Waals surface area contributed by atoms with Crippen LogP contribution in [0.4, 0.5) is 0 Å². The lowest BCUT2D eigenvalue weighted by Gasteiger charge is -2.26. The summed E-state index contributed by atoms with van der Waals surface area (Å²) in [6.07, 6.45) is -0.0184. The number of aliphatic carboxylic acids is 2. The second kappa shape index (κ2) is 50.0. The van der Waals surface area contributed by atoms with Gasteiger partial charge in [0.2, 0.25) is 88.6 Å². The van der Waals surface area contributed by atoms with E-state index in [2.05, 4.69) is 92.4 Å². The zero-order valence-corrected chi connectivity index (χ0v) is 59.9. The SMILES string of the molecule is CC(=O)NCSC[C@H](N)C(=O)N[C@@H](C)C(=O)N[C@@H](CCCCN)C(=O)N[C@@H](CCC(=O)O)C(=O)N[C@@H](C)C(=O)N[C@@H](C)C(=O)N[C@@H](C)C(=O)N[C@@H](CCCCN)C(=O)N[C@@H](CCC(=O)O)C(=O)N[C@@H](C)C(=O)N[C@@H](C)C(=O)N[C@@H](C)C(=O)N[C@@H](CCCCN)C(=O)N[C@@H](C)C(=O)NCCS. The van der Waals surface area contributed by atoms with Crippen molar-refractivity contribution in [2.45, 2.75) is 230 Å². The Morgan fingerprint density at radius 2 is 0.580 bits per heavy atom. The molecule has 568 valence electrons. The third-order valence-electron chi connectivity index (χ3n) is 14.8. The van der Waals surface area contributed by atoms with Gasteiger partial charge in [-0.2, -0.15) is 12.6 Å². The van der Waals surface area contributed by atoms with Crippen LogP contribution in [0.1, 0.15) is 146 Å². The van der Waals surface area contributed by atoms with Gasteiger partial charge in [-0.3, -0.25) is 81.5 Å². The molecule has 0 fully saturated rings. The van der Waals surface area contributed by atoms with Gasteiger partial charge in [0.25, 0.3) is 0 Å². The number of thiol groups is 1. The quantitative estimate of drug-likeness (QED) is 0.0153. The molecule has 0 saturated carbocycles. The Labute approximate surface area is 590 Å². The van der Waals surface area contributed by atoms with Crippen molar-refractivity contribution >= 4 is 125 Å². The monoisotopic (exact) mass is 1460 g/mol. The molecule has 40 heteroatoms. The molecule has 0 unspecified atom stereocenters. The van der Waals surface area contributed by atoms with Crippen LogP contribution in [0.5, 0.6) is 0 Å². The first-order valence-corrected chi connectivity index (χ1v) is 34.7. The first kappa shape index (κ1) is 91.5. The molecule has 0 heterocycles. The van der Waals surface area contributed by atoms with Crippen LogP contribution in [0.25, 0.3) is 0 Å². The van der Waals surface area contributed by atoms with E-state index in [1.807, 2.05) is 0 Å². The van der Waals surface area contributed by atoms with E-state index < -0.39 is 205 Å². The van der Waals surface area contributed by atoms with Gasteiger partial charge in [0.15, 0.2) is 0 Å². The topological polar surface area (TPSA) is 615 Å². The molecule has 14 atom stereocenters. The van der Waals surface area contributed by atoms with Crippen LogP contribution in [0.2, 0.25) is 0 Å². The zero-order chi connectivity index (χ0) is 76.4. The first-order chi connectivity index (χ1) is 46.9. The van der Waals surface area contributed by atoms with Gasteiger partial charge in [0, 0.05) is 37.8 Å². The van der Waals surface area contributed by atoms with E-state index in [4.69, 9.17) is 22.9 Å². The van der Waals surface area contributed by atoms with E-state index in [0.29, 0.717) is 44.4 Å². The molecule has 15 amide bonds. The third-order valence-corrected chi connectivity index (χ3v) is 16.0. The zero-order valence-electron chi connectivity index (χ0n) is 58.2. The average Bonchev–Trinajstić information content (AvgIpc) is 0.878. The maximum atomic E-state index is 13.9. The van der Waals surface area contributed by atoms with E-state index >= 15 is 0 Å². The second-order valence-corrected chi connectivity index (χ2v) is 25.2. The van der Waals surface area contributed by atoms with Crippen molar-refractivity contribution in [2.75, 3.05) is 43.6 Å². The van der Waals surface area contributed by atoms with Gasteiger partial charge in [-0.25, -0.2) is 0 Å². The molecule has 0 bridgehead atoms. The van der Waals surface area contributed by atoms with Crippen LogP contribution in [-0.2, 0) is 81.5 Å². The minimum absolute atomic E-state index is 0.0110. The maximum Gasteiger partial charge on any atom is 0.303 e. The molecular formula is C60H107N19O19S2. The molecular weight excluding hydrogens is 1350 g/mol. The Bertz CT molecular complexity index is 2780. The molecule has 0 aromatic heterocycles. The molecule has 38 nitrogen and oxygen atoms in total. The van der Waals surface area contributed by atoms with Crippen molar-refractivity contribution < 1.29 is 91.7 Å². The van der Waals surface area contributed by atoms with Crippen LogP contribution in [0.3, 0.4) is 0 Å². The normalized spacial score (nSPS) is 15.1. The molecule has 0 aromatic rings. The third kappa shape index (κ3) is 38.2. The molecule has 0 aliphatic rings. The van der Waals surface area contributed by atoms with Crippen LogP contribution < -0.4 is 103 Å². The highest BCUT2D eigenvalue weighted by molar-refractivity contribution is 7.99. The van der Waals surface area contributed by atoms with E-state index in [0.717, 1.165) is 11.8 Å². The molecule has 0 aromatic carbocycles. The van der Waals surface area contributed by atoms with Gasteiger partial charge in [-0.05, 0) is 146 Å². The number of unbranched alkanes of at least 4 members (excludes halogenated alkanes) is 3. The largest absolute Gasteiger partial charge is 0.481 e. The number of thioether (sulfide) groups is 1. The predicted octanol–water partition coefficient (Wildman–Crippen LogP) is -7.24. The first-order valence-electron chi connectivity index (χ1n) is 32.9. The Hall–Kier alpha value is -8.47. The molecule has 0 rings (SSSR count). The van der Waals surface area contributed by atoms with Crippen LogP contribution >= 0.6 is 24.4 Å². The molecule has 0 saturated heterocycles. The molecule has 100 heavy (non-hydrogen) atoms. The van der Waals surface area contributed by atoms with Gasteiger partial charge >= 0.3 is 11.9 Å². The van der Waals surface area contributed by atoms with Crippen molar-refractivity contribution in [1.29, 1.82) is 0 Å². The van der Waals surface area contributed by atoms with Crippen molar-refractivity contribution in [1.82, 2.24) is 79.8 Å². The summed E-state index contributed by atoms with van der Waals surface area (Å²) in [5, 5.41) is 55.8. The van der Waals surface area contributed by atoms with Crippen LogP contribution in [0, 0.1) is 0 Å². The standard InChI is InChI=1S/C60H107N19O19S2/c1-30(47(85)65-26-27-99)72-56(94)40(16-10-13-23-61)75-52(90)35(6)69-48(86)31(2)67-50(88)33(4)73-57(95)43(19-21-45(81)82)78-59(97)41(17-11-14-24-62)76-53(91)36(7)70-49(87)32(3)68-51(89)34(5)74-58(96)44(20-22-46(83)84)79-60(98)42(18-12-15-25-63)77-54(92)37(8)71-55(93)39(64)28-100-29-66-38(9)80/h30-37,39-44,99H,10-29,61-64H2,1-9H3,(H,65,85)(H,66,80)(H,67,88)(H,68,89)(H,69,86)(H,70,87)(H,71,93)(H,72,94)(H,73,95)(H,74,96)(H,75,90)(H,76,91)(H,77,92)(H,78,97)(H,79,98)(H,81,82)(H,83,84)/t30-,31-,32-,33-,34-,35-,36-,37-,39-,40-,41-,42-,43-,44-/m0/s1. The number of carboxylic acids is 2. The summed E-state index contributed by atoms with van der Waals surface area (Å²) in [5.74, 6) is -14.5. The summed E-state index contributed by atoms with van der Waals surface area (Å²) in [7, 11) is 0. The lowest BCUT2D eigenvalue weighted by molar-refractivity contribution is -0.139. The summed E-state index contributed by atoms with van der Waals surface area (Å²) in [5.41, 5.74) is 22.9. The Morgan fingerprint density at radius 1 is 0.340 bits per heavy atom. The highest BCUT2D eigenvalue weighted by Crippen LogP contribution is 2.10. The number of carbonyl (C=O) groups excluding carboxylic acids is 15. The number of hydrogen-bond acceptors (Lipinski definition) is 23. The number of hydrogen-bond donors (Lipinski definition) is 22. The smallest absolute Gasteiger partial charge is 0.303 e. The second-order valence-electron chi connectivity index (χ2n) is 23.7. The van der Waals surface area contributed by atoms with Crippen molar-refractivity contribution in [2.24, 2.45) is 22.9 Å². The maximum absolute atomic E-state index is 13.9. The van der Waals surface area contributed by atoms with Gasteiger partial charge in [0.05, 0.1) is 11.9 Å². The summed E-state index contributed by atoms with van der Waals surface area (Å²) >= 11 is 5.20. The Kier molecular flexibility index (Phi) is 45.7. The van der Waals surface area contributed by atoms with E-state index in [1.165, 1.54) is 62.3 Å². The minimum atomic E-state index is -1.64. The highest BCUT2D eigenvalue weighted by Gasteiger charge is 2.35. The number of amides is 15. The number of carboxylic acid groups (broad SMARTS) is 2. The fourth-order valence-electron chi connectivity index (χ4n) is 8.68. The van der Waals surface area contributed by atoms with Gasteiger partial charge in [-0.1, -0.05) is 0 Å². The van der Waals surface area contributed by atoms with Crippen LogP contribution in [-0.4, -0.2) is 239 Å². The summed E-state index contributed by atoms with van der Waals surface area (Å²) in [6.45, 7) is 12.5. The molecule has 0 spiro atoms. The van der Waals surface area contributed by atoms with Gasteiger partial charge < -0.3 is 113 Å². The number of rotatable bonds is 51. The highest BCUT2D eigenvalue weighted by atomic mass is 32.2. The number of nitrogens with two attached hydrogens (primary N) is 4. The van der Waals surface area contributed by atoms with Crippen LogP contribution in [0.15, 0.2) is 0 Å². The summed E-state index contributed by atoms with van der Waals surface area (Å²) in [6, 6.07) is -18.7. The lowest BCUT2D eigenvalue weighted by Crippen LogP contribution is -2.59. The van der Waals surface area contributed by atoms with Crippen molar-refractivity contribution in [3.05, 3.63) is 0 Å². The summed E-state index contributed by atoms with van der Waals surface area (Å²) in [4.78, 5) is 221. The summed E-state index contributed by atoms with van der Waals surface area (Å²) < 4.78 is 0. The van der Waals surface area contributed by atoms with E-state index in [-0.39, 0.29) is 62.9 Å². The Morgan fingerprint density at radius 3 is 0.850 bits per heavy atom. The number of nitrogens with one attached hydrogen (secondary N) is 15. The van der Waals surface area contributed by atoms with Crippen molar-refractivity contribution in [3.63, 3.8) is 0 Å². The average molecular weight is 1460 g/mol. The lowest BCUT2D eigenvalue weighted by atomic mass is 10.1. The van der Waals surface area contributed by atoms with Crippen molar-refractivity contribution in [3.8, 4) is 0 Å². The van der Waals surface area contributed by atoms with E-state index in [9.17, 15) is 91.7 Å². The van der Waals surface area contributed by atoms with Gasteiger partial charge in [0.1, 0.15) is 78.5 Å². The fourth-order valence-corrected chi connectivity index (χ4v) is 9.62. The molecule has 0 aliphatic carbocycles. The molecule has 0 radical (unpaired) electrons. The Balaban J connectivity index is 6.04.